The van der Waals surface area contributed by atoms with Crippen LogP contribution in [0.5, 0.6) is 0 Å². The van der Waals surface area contributed by atoms with Crippen LogP contribution in [-0.2, 0) is 9.59 Å². The van der Waals surface area contributed by atoms with Crippen LogP contribution in [0.4, 0.5) is 4.39 Å². The lowest BCUT2D eigenvalue weighted by atomic mass is 10.2. The number of hydrogen-bond donors (Lipinski definition) is 2. The molecule has 0 rings (SSSR count). The largest absolute Gasteiger partial charge is 0.481 e. The van der Waals surface area contributed by atoms with Crippen molar-refractivity contribution in [3.05, 3.63) is 0 Å². The zero-order valence-electron chi connectivity index (χ0n) is 6.84. The van der Waals surface area contributed by atoms with Gasteiger partial charge in [0, 0.05) is 13.3 Å². The van der Waals surface area contributed by atoms with Crippen molar-refractivity contribution >= 4 is 11.9 Å². The normalized spacial score (nSPS) is 12.2. The van der Waals surface area contributed by atoms with Crippen LogP contribution < -0.4 is 5.32 Å². The van der Waals surface area contributed by atoms with E-state index in [4.69, 9.17) is 5.11 Å². The van der Waals surface area contributed by atoms with E-state index in [0.717, 1.165) is 0 Å². The number of hydrogen-bond acceptors (Lipinski definition) is 2. The molecule has 0 aliphatic rings. The molecule has 0 unspecified atom stereocenters. The predicted molar refractivity (Wildman–Crippen MR) is 40.4 cm³/mol. The molecule has 0 aliphatic heterocycles. The van der Waals surface area contributed by atoms with E-state index >= 15 is 0 Å². The molecule has 2 N–H and O–H groups in total. The van der Waals surface area contributed by atoms with Gasteiger partial charge in [-0.3, -0.25) is 9.59 Å². The van der Waals surface area contributed by atoms with Crippen molar-refractivity contribution in [3.8, 4) is 0 Å². The van der Waals surface area contributed by atoms with Gasteiger partial charge in [0.15, 0.2) is 0 Å². The average molecular weight is 177 g/mol. The molecule has 12 heavy (non-hydrogen) atoms. The van der Waals surface area contributed by atoms with Crippen molar-refractivity contribution in [2.45, 2.75) is 25.8 Å². The average Bonchev–Trinajstić information content (AvgIpc) is 1.97. The molecule has 5 heteroatoms. The van der Waals surface area contributed by atoms with Crippen LogP contribution >= 0.6 is 0 Å². The Hall–Kier alpha value is -1.13. The molecule has 0 heterocycles. The van der Waals surface area contributed by atoms with Gasteiger partial charge in [0.25, 0.3) is 0 Å². The van der Waals surface area contributed by atoms with Crippen LogP contribution in [-0.4, -0.2) is 29.7 Å². The lowest BCUT2D eigenvalue weighted by molar-refractivity contribution is -0.137. The Morgan fingerprint density at radius 3 is 2.50 bits per heavy atom. The summed E-state index contributed by atoms with van der Waals surface area (Å²) in [6, 6.07) is -0.668. The van der Waals surface area contributed by atoms with Gasteiger partial charge in [-0.05, 0) is 6.42 Å². The first kappa shape index (κ1) is 10.9. The zero-order valence-corrected chi connectivity index (χ0v) is 6.84. The fourth-order valence-electron chi connectivity index (χ4n) is 0.773. The molecule has 1 amide bonds. The van der Waals surface area contributed by atoms with Gasteiger partial charge in [0.05, 0.1) is 6.04 Å². The van der Waals surface area contributed by atoms with Crippen molar-refractivity contribution in [3.63, 3.8) is 0 Å². The number of carbonyl (C=O) groups is 2. The van der Waals surface area contributed by atoms with E-state index < -0.39 is 18.7 Å². The number of carboxylic acids is 1. The van der Waals surface area contributed by atoms with E-state index in [0.29, 0.717) is 0 Å². The minimum absolute atomic E-state index is 0.130. The molecule has 4 nitrogen and oxygen atoms in total. The molecule has 0 aliphatic carbocycles. The van der Waals surface area contributed by atoms with E-state index in [-0.39, 0.29) is 18.7 Å². The molecule has 70 valence electrons. The number of aliphatic carboxylic acids is 1. The summed E-state index contributed by atoms with van der Waals surface area (Å²) in [6.45, 7) is 0.538. The maximum absolute atomic E-state index is 12.1. The molecule has 1 atom stereocenters. The molecule has 0 saturated heterocycles. The topological polar surface area (TPSA) is 66.4 Å². The smallest absolute Gasteiger partial charge is 0.303 e. The second kappa shape index (κ2) is 5.51. The minimum Gasteiger partial charge on any atom is -0.481 e. The first-order chi connectivity index (χ1) is 5.56. The Morgan fingerprint density at radius 1 is 1.58 bits per heavy atom. The van der Waals surface area contributed by atoms with Crippen LogP contribution in [0.3, 0.4) is 0 Å². The van der Waals surface area contributed by atoms with E-state index in [2.05, 4.69) is 5.32 Å². The van der Waals surface area contributed by atoms with Crippen LogP contribution in [0, 0.1) is 0 Å². The number of rotatable bonds is 5. The van der Waals surface area contributed by atoms with Crippen molar-refractivity contribution in [1.29, 1.82) is 0 Å². The summed E-state index contributed by atoms with van der Waals surface area (Å²) in [4.78, 5) is 20.5. The van der Waals surface area contributed by atoms with Crippen LogP contribution in [0.2, 0.25) is 0 Å². The Morgan fingerprint density at radius 2 is 2.17 bits per heavy atom. The second-order valence-corrected chi connectivity index (χ2v) is 2.48. The fourth-order valence-corrected chi connectivity index (χ4v) is 0.773. The molecule has 0 fully saturated rings. The zero-order chi connectivity index (χ0) is 9.56. The molecule has 0 aromatic carbocycles. The Kier molecular flexibility index (Phi) is 4.99. The molecular formula is C7H12FNO3. The Bertz CT molecular complexity index is 172. The van der Waals surface area contributed by atoms with Crippen molar-refractivity contribution in [1.82, 2.24) is 5.32 Å². The minimum atomic E-state index is -0.987. The Balaban J connectivity index is 3.67. The van der Waals surface area contributed by atoms with Crippen LogP contribution in [0.1, 0.15) is 19.8 Å². The molecule has 0 saturated carbocycles. The molecule has 0 bridgehead atoms. The van der Waals surface area contributed by atoms with Gasteiger partial charge in [0.2, 0.25) is 5.91 Å². The number of carboxylic acid groups (broad SMARTS) is 1. The van der Waals surface area contributed by atoms with Crippen molar-refractivity contribution in [2.24, 2.45) is 0 Å². The van der Waals surface area contributed by atoms with Gasteiger partial charge in [-0.2, -0.15) is 0 Å². The highest BCUT2D eigenvalue weighted by Crippen LogP contribution is 1.97. The highest BCUT2D eigenvalue weighted by Gasteiger charge is 2.10. The number of amides is 1. The third kappa shape index (κ3) is 5.64. The fraction of sp³-hybridized carbons (Fsp3) is 0.714. The van der Waals surface area contributed by atoms with E-state index in [1.54, 1.807) is 0 Å². The van der Waals surface area contributed by atoms with Gasteiger partial charge in [-0.15, -0.1) is 0 Å². The summed E-state index contributed by atoms with van der Waals surface area (Å²) in [5.41, 5.74) is 0. The monoisotopic (exact) mass is 177 g/mol. The van der Waals surface area contributed by atoms with Gasteiger partial charge < -0.3 is 10.4 Å². The summed E-state index contributed by atoms with van der Waals surface area (Å²) < 4.78 is 12.1. The van der Waals surface area contributed by atoms with Crippen LogP contribution in [0.25, 0.3) is 0 Å². The lowest BCUT2D eigenvalue weighted by Gasteiger charge is -2.11. The summed E-state index contributed by atoms with van der Waals surface area (Å²) in [7, 11) is 0. The third-order valence-corrected chi connectivity index (χ3v) is 1.30. The van der Waals surface area contributed by atoms with Crippen molar-refractivity contribution < 1.29 is 19.1 Å². The maximum Gasteiger partial charge on any atom is 0.303 e. The lowest BCUT2D eigenvalue weighted by Crippen LogP contribution is -2.35. The maximum atomic E-state index is 12.1. The van der Waals surface area contributed by atoms with Gasteiger partial charge in [-0.1, -0.05) is 0 Å². The molecule has 0 spiro atoms. The van der Waals surface area contributed by atoms with E-state index in [1.165, 1.54) is 6.92 Å². The number of alkyl halides is 1. The summed E-state index contributed by atoms with van der Waals surface area (Å²) in [5, 5.41) is 10.6. The molecule has 0 aromatic rings. The number of nitrogens with one attached hydrogen (secondary N) is 1. The Labute approximate surface area is 69.8 Å². The molecule has 0 aromatic heterocycles. The quantitative estimate of drug-likeness (QED) is 0.635. The highest BCUT2D eigenvalue weighted by atomic mass is 19.1. The second-order valence-electron chi connectivity index (χ2n) is 2.48. The summed E-state index contributed by atoms with van der Waals surface area (Å²) in [5.74, 6) is -1.33. The number of halogens is 1. The van der Waals surface area contributed by atoms with Crippen LogP contribution in [0.15, 0.2) is 0 Å². The van der Waals surface area contributed by atoms with E-state index in [9.17, 15) is 14.0 Å². The SMILES string of the molecule is CC(=O)N[C@H](CF)CCC(=O)O. The van der Waals surface area contributed by atoms with Gasteiger partial charge in [-0.25, -0.2) is 4.39 Å². The highest BCUT2D eigenvalue weighted by molar-refractivity contribution is 5.73. The molecule has 0 radical (unpaired) electrons. The van der Waals surface area contributed by atoms with Gasteiger partial charge >= 0.3 is 5.97 Å². The van der Waals surface area contributed by atoms with Gasteiger partial charge in [0.1, 0.15) is 6.67 Å². The van der Waals surface area contributed by atoms with E-state index in [1.807, 2.05) is 0 Å². The third-order valence-electron chi connectivity index (χ3n) is 1.30. The summed E-state index contributed by atoms with van der Waals surface area (Å²) >= 11 is 0. The van der Waals surface area contributed by atoms with Crippen molar-refractivity contribution in [2.75, 3.05) is 6.67 Å². The predicted octanol–water partition coefficient (Wildman–Crippen LogP) is 0.325. The summed E-state index contributed by atoms with van der Waals surface area (Å²) in [6.07, 6.45) is 0.000278. The first-order valence-electron chi connectivity index (χ1n) is 3.61. The molecular weight excluding hydrogens is 165 g/mol. The number of carbonyl (C=O) groups excluding carboxylic acids is 1. The standard InChI is InChI=1S/C7H12FNO3/c1-5(10)9-6(4-8)2-3-7(11)12/h6H,2-4H2,1H3,(H,9,10)(H,11,12)/t6-/m0/s1. The first-order valence-corrected chi connectivity index (χ1v) is 3.61.